The van der Waals surface area contributed by atoms with E-state index in [-0.39, 0.29) is 22.7 Å². The summed E-state index contributed by atoms with van der Waals surface area (Å²) in [6.45, 7) is 8.44. The molecule has 1 fully saturated rings. The molecule has 0 aliphatic heterocycles. The van der Waals surface area contributed by atoms with Gasteiger partial charge >= 0.3 is 5.97 Å². The fourth-order valence-electron chi connectivity index (χ4n) is 3.97. The summed E-state index contributed by atoms with van der Waals surface area (Å²) >= 11 is 0. The second-order valence-electron chi connectivity index (χ2n) is 7.69. The Labute approximate surface area is 142 Å². The summed E-state index contributed by atoms with van der Waals surface area (Å²) in [5.41, 5.74) is 1.49. The van der Waals surface area contributed by atoms with Crippen LogP contribution in [0.5, 0.6) is 0 Å². The van der Waals surface area contributed by atoms with Gasteiger partial charge in [-0.25, -0.2) is 4.79 Å². The van der Waals surface area contributed by atoms with Gasteiger partial charge in [0.05, 0.1) is 17.6 Å². The van der Waals surface area contributed by atoms with Crippen molar-refractivity contribution >= 4 is 17.3 Å². The van der Waals surface area contributed by atoms with Crippen molar-refractivity contribution in [2.75, 3.05) is 12.4 Å². The average molecular weight is 334 g/mol. The fourth-order valence-corrected chi connectivity index (χ4v) is 3.97. The van der Waals surface area contributed by atoms with E-state index < -0.39 is 10.9 Å². The summed E-state index contributed by atoms with van der Waals surface area (Å²) in [6.07, 6.45) is 3.11. The second-order valence-corrected chi connectivity index (χ2v) is 7.69. The molecule has 2 unspecified atom stereocenters. The van der Waals surface area contributed by atoms with Gasteiger partial charge in [0.2, 0.25) is 0 Å². The maximum Gasteiger partial charge on any atom is 0.338 e. The van der Waals surface area contributed by atoms with Gasteiger partial charge in [0.15, 0.2) is 0 Å². The fraction of sp³-hybridized carbons (Fsp3) is 0.611. The molecule has 2 atom stereocenters. The van der Waals surface area contributed by atoms with Crippen LogP contribution < -0.4 is 5.32 Å². The van der Waals surface area contributed by atoms with E-state index in [1.165, 1.54) is 13.2 Å². The van der Waals surface area contributed by atoms with Gasteiger partial charge in [0.25, 0.3) is 5.69 Å². The number of carbonyl (C=O) groups excluding carboxylic acids is 1. The molecule has 0 spiro atoms. The number of benzene rings is 1. The van der Waals surface area contributed by atoms with E-state index >= 15 is 0 Å². The summed E-state index contributed by atoms with van der Waals surface area (Å²) < 4.78 is 4.70. The molecule has 0 aromatic heterocycles. The number of rotatable bonds is 4. The van der Waals surface area contributed by atoms with Gasteiger partial charge in [-0.2, -0.15) is 0 Å². The topological polar surface area (TPSA) is 81.5 Å². The number of nitrogens with zero attached hydrogens (tertiary/aromatic N) is 1. The lowest BCUT2D eigenvalue weighted by Crippen LogP contribution is -2.35. The van der Waals surface area contributed by atoms with E-state index in [0.29, 0.717) is 17.2 Å². The Bertz CT molecular complexity index is 655. The van der Waals surface area contributed by atoms with Crippen LogP contribution in [0, 0.1) is 28.4 Å². The van der Waals surface area contributed by atoms with Gasteiger partial charge in [-0.05, 0) is 49.1 Å². The van der Waals surface area contributed by atoms with Crippen LogP contribution >= 0.6 is 0 Å². The highest BCUT2D eigenvalue weighted by Gasteiger charge is 2.33. The Balaban J connectivity index is 2.34. The van der Waals surface area contributed by atoms with Crippen molar-refractivity contribution in [3.8, 4) is 0 Å². The Hall–Kier alpha value is -2.11. The molecule has 1 aliphatic rings. The standard InChI is InChI=1S/C18H26N2O4/c1-11-6-13(10-18(3,4)9-11)19-15-7-12(2)14(17(21)24-5)8-16(15)20(22)23/h7-8,11,13,19H,6,9-10H2,1-5H3. The maximum atomic E-state index is 11.8. The van der Waals surface area contributed by atoms with E-state index in [4.69, 9.17) is 4.74 Å². The van der Waals surface area contributed by atoms with Crippen LogP contribution in [0.15, 0.2) is 12.1 Å². The minimum atomic E-state index is -0.561. The molecule has 6 heteroatoms. The van der Waals surface area contributed by atoms with Crippen molar-refractivity contribution in [2.45, 2.75) is 53.0 Å². The highest BCUT2D eigenvalue weighted by molar-refractivity contribution is 5.93. The van der Waals surface area contributed by atoms with Crippen LogP contribution in [-0.2, 0) is 4.74 Å². The second kappa shape index (κ2) is 6.79. The summed E-state index contributed by atoms with van der Waals surface area (Å²) in [4.78, 5) is 22.8. The van der Waals surface area contributed by atoms with Crippen LogP contribution in [0.25, 0.3) is 0 Å². The largest absolute Gasteiger partial charge is 0.465 e. The molecule has 132 valence electrons. The molecular weight excluding hydrogens is 308 g/mol. The van der Waals surface area contributed by atoms with Crippen molar-refractivity contribution in [1.82, 2.24) is 0 Å². The molecule has 1 N–H and O–H groups in total. The zero-order valence-electron chi connectivity index (χ0n) is 15.0. The SMILES string of the molecule is COC(=O)c1cc([N+](=O)[O-])c(NC2CC(C)CC(C)(C)C2)cc1C. The van der Waals surface area contributed by atoms with Crippen LogP contribution in [0.3, 0.4) is 0 Å². The smallest absolute Gasteiger partial charge is 0.338 e. The van der Waals surface area contributed by atoms with Crippen molar-refractivity contribution in [1.29, 1.82) is 0 Å². The lowest BCUT2D eigenvalue weighted by Gasteiger charge is -2.39. The van der Waals surface area contributed by atoms with Crippen LogP contribution in [0.4, 0.5) is 11.4 Å². The quantitative estimate of drug-likeness (QED) is 0.504. The first kappa shape index (κ1) is 18.2. The highest BCUT2D eigenvalue weighted by atomic mass is 16.6. The maximum absolute atomic E-state index is 11.8. The number of aryl methyl sites for hydroxylation is 1. The Morgan fingerprint density at radius 1 is 1.38 bits per heavy atom. The van der Waals surface area contributed by atoms with Gasteiger partial charge in [-0.15, -0.1) is 0 Å². The zero-order chi connectivity index (χ0) is 18.1. The van der Waals surface area contributed by atoms with E-state index in [1.807, 2.05) is 0 Å². The molecule has 1 aliphatic carbocycles. The number of nitro groups is 1. The molecule has 6 nitrogen and oxygen atoms in total. The molecule has 0 bridgehead atoms. The zero-order valence-corrected chi connectivity index (χ0v) is 15.0. The molecule has 1 aromatic carbocycles. The van der Waals surface area contributed by atoms with Crippen molar-refractivity contribution in [3.05, 3.63) is 33.4 Å². The van der Waals surface area contributed by atoms with Crippen molar-refractivity contribution in [2.24, 2.45) is 11.3 Å². The number of hydrogen-bond acceptors (Lipinski definition) is 5. The number of hydrogen-bond donors (Lipinski definition) is 1. The third kappa shape index (κ3) is 4.04. The molecule has 24 heavy (non-hydrogen) atoms. The normalized spacial score (nSPS) is 22.7. The monoisotopic (exact) mass is 334 g/mol. The molecule has 0 saturated heterocycles. The molecule has 0 heterocycles. The Morgan fingerprint density at radius 3 is 2.58 bits per heavy atom. The first-order chi connectivity index (χ1) is 11.1. The van der Waals surface area contributed by atoms with Crippen molar-refractivity contribution in [3.63, 3.8) is 0 Å². The third-order valence-corrected chi connectivity index (χ3v) is 4.69. The van der Waals surface area contributed by atoms with E-state index in [0.717, 1.165) is 19.3 Å². The van der Waals surface area contributed by atoms with Gasteiger partial charge in [0, 0.05) is 12.1 Å². The first-order valence-electron chi connectivity index (χ1n) is 8.27. The first-order valence-corrected chi connectivity index (χ1v) is 8.27. The van der Waals surface area contributed by atoms with E-state index in [9.17, 15) is 14.9 Å². The Morgan fingerprint density at radius 2 is 2.04 bits per heavy atom. The number of nitrogens with one attached hydrogen (secondary N) is 1. The molecule has 2 rings (SSSR count). The number of anilines is 1. The number of carbonyl (C=O) groups is 1. The number of ether oxygens (including phenoxy) is 1. The number of nitro benzene ring substituents is 1. The van der Waals surface area contributed by atoms with Gasteiger partial charge < -0.3 is 10.1 Å². The summed E-state index contributed by atoms with van der Waals surface area (Å²) in [5.74, 6) is 0.00955. The average Bonchev–Trinajstić information content (AvgIpc) is 2.44. The third-order valence-electron chi connectivity index (χ3n) is 4.69. The lowest BCUT2D eigenvalue weighted by atomic mass is 9.70. The summed E-state index contributed by atoms with van der Waals surface area (Å²) in [5, 5.41) is 14.8. The molecule has 0 amide bonds. The molecule has 1 saturated carbocycles. The van der Waals surface area contributed by atoms with E-state index in [2.05, 4.69) is 26.1 Å². The predicted octanol–water partition coefficient (Wildman–Crippen LogP) is 4.32. The summed E-state index contributed by atoms with van der Waals surface area (Å²) in [6, 6.07) is 3.17. The molecule has 0 radical (unpaired) electrons. The van der Waals surface area contributed by atoms with Gasteiger partial charge in [-0.3, -0.25) is 10.1 Å². The van der Waals surface area contributed by atoms with Gasteiger partial charge in [-0.1, -0.05) is 20.8 Å². The molecule has 1 aromatic rings. The van der Waals surface area contributed by atoms with E-state index in [1.54, 1.807) is 13.0 Å². The highest BCUT2D eigenvalue weighted by Crippen LogP contribution is 2.40. The van der Waals surface area contributed by atoms with Crippen LogP contribution in [-0.4, -0.2) is 24.0 Å². The van der Waals surface area contributed by atoms with Crippen molar-refractivity contribution < 1.29 is 14.5 Å². The Kier molecular flexibility index (Phi) is 5.16. The molecular formula is C18H26N2O4. The summed E-state index contributed by atoms with van der Waals surface area (Å²) in [7, 11) is 1.27. The lowest BCUT2D eigenvalue weighted by molar-refractivity contribution is -0.384. The van der Waals surface area contributed by atoms with Gasteiger partial charge in [0.1, 0.15) is 5.69 Å². The number of esters is 1. The minimum absolute atomic E-state index is 0.0861. The number of methoxy groups -OCH3 is 1. The minimum Gasteiger partial charge on any atom is -0.465 e. The predicted molar refractivity (Wildman–Crippen MR) is 93.4 cm³/mol. The van der Waals surface area contributed by atoms with Crippen LogP contribution in [0.1, 0.15) is 56.0 Å². The van der Waals surface area contributed by atoms with Crippen LogP contribution in [0.2, 0.25) is 0 Å².